The van der Waals surface area contributed by atoms with Gasteiger partial charge in [-0.2, -0.15) is 13.2 Å². The van der Waals surface area contributed by atoms with Crippen LogP contribution in [0.15, 0.2) is 36.5 Å². The number of hydrogen-bond donors (Lipinski definition) is 1. The second-order valence-corrected chi connectivity index (χ2v) is 7.06. The topological polar surface area (TPSA) is 99.7 Å². The van der Waals surface area contributed by atoms with Crippen LogP contribution >= 0.6 is 0 Å². The highest BCUT2D eigenvalue weighted by atomic mass is 19.4. The molecule has 0 radical (unpaired) electrons. The third-order valence-corrected chi connectivity index (χ3v) is 5.02. The van der Waals surface area contributed by atoms with E-state index in [1.165, 1.54) is 41.0 Å². The number of pyridine rings is 1. The van der Waals surface area contributed by atoms with Crippen molar-refractivity contribution in [2.75, 3.05) is 31.5 Å². The fourth-order valence-corrected chi connectivity index (χ4v) is 3.43. The summed E-state index contributed by atoms with van der Waals surface area (Å²) < 4.78 is 39.5. The highest BCUT2D eigenvalue weighted by molar-refractivity contribution is 6.04. The van der Waals surface area contributed by atoms with Crippen LogP contribution in [0.2, 0.25) is 0 Å². The Bertz CT molecular complexity index is 1060. The third kappa shape index (κ3) is 4.76. The summed E-state index contributed by atoms with van der Waals surface area (Å²) in [5.74, 6) is -1.54. The first kappa shape index (κ1) is 22.9. The summed E-state index contributed by atoms with van der Waals surface area (Å²) in [6, 6.07) is 6.62. The van der Waals surface area contributed by atoms with E-state index < -0.39 is 29.2 Å². The van der Waals surface area contributed by atoms with Crippen LogP contribution in [0.25, 0.3) is 0 Å². The summed E-state index contributed by atoms with van der Waals surface area (Å²) in [4.78, 5) is 54.0. The van der Waals surface area contributed by atoms with E-state index in [-0.39, 0.29) is 48.8 Å². The standard InChI is InChI=1S/C21H19F3N4O4/c1-13(30)16-11-14(4-5-17(16)26-12-29)19(31)27-7-9-28(10-8-27)20(32)15-3-2-6-25-18(15)21(22,23)24/h2-6,11-12H,7-10H2,1H3,(H,26,29). The molecule has 1 aliphatic rings. The predicted molar refractivity (Wildman–Crippen MR) is 107 cm³/mol. The number of nitrogens with zero attached hydrogens (tertiary/aromatic N) is 3. The Morgan fingerprint density at radius 3 is 2.19 bits per heavy atom. The fraction of sp³-hybridized carbons (Fsp3) is 0.286. The van der Waals surface area contributed by atoms with Crippen LogP contribution in [-0.2, 0) is 11.0 Å². The van der Waals surface area contributed by atoms with Gasteiger partial charge in [0.25, 0.3) is 11.8 Å². The van der Waals surface area contributed by atoms with Crippen LogP contribution in [-0.4, -0.2) is 65.0 Å². The van der Waals surface area contributed by atoms with Crippen LogP contribution < -0.4 is 5.32 Å². The highest BCUT2D eigenvalue weighted by Crippen LogP contribution is 2.30. The molecule has 2 heterocycles. The zero-order chi connectivity index (χ0) is 23.5. The lowest BCUT2D eigenvalue weighted by Crippen LogP contribution is -2.50. The molecule has 1 aromatic heterocycles. The Morgan fingerprint density at radius 2 is 1.62 bits per heavy atom. The van der Waals surface area contributed by atoms with Crippen molar-refractivity contribution in [1.29, 1.82) is 0 Å². The molecule has 2 aromatic rings. The monoisotopic (exact) mass is 448 g/mol. The molecule has 0 saturated carbocycles. The molecule has 0 bridgehead atoms. The van der Waals surface area contributed by atoms with Gasteiger partial charge in [-0.1, -0.05) is 0 Å². The lowest BCUT2D eigenvalue weighted by Gasteiger charge is -2.35. The summed E-state index contributed by atoms with van der Waals surface area (Å²) in [5.41, 5.74) is -1.11. The van der Waals surface area contributed by atoms with Crippen LogP contribution in [0.4, 0.5) is 18.9 Å². The molecule has 1 aromatic carbocycles. The first-order valence-electron chi connectivity index (χ1n) is 9.59. The van der Waals surface area contributed by atoms with Gasteiger partial charge in [0.2, 0.25) is 6.41 Å². The zero-order valence-electron chi connectivity index (χ0n) is 17.0. The second kappa shape index (κ2) is 9.16. The third-order valence-electron chi connectivity index (χ3n) is 5.02. The van der Waals surface area contributed by atoms with Gasteiger partial charge < -0.3 is 15.1 Å². The molecule has 0 unspecified atom stereocenters. The van der Waals surface area contributed by atoms with Crippen molar-refractivity contribution in [2.45, 2.75) is 13.1 Å². The van der Waals surface area contributed by atoms with E-state index in [4.69, 9.17) is 0 Å². The van der Waals surface area contributed by atoms with Gasteiger partial charge in [-0.3, -0.25) is 24.2 Å². The SMILES string of the molecule is CC(=O)c1cc(C(=O)N2CCN(C(=O)c3cccnc3C(F)(F)F)CC2)ccc1NC=O. The molecular weight excluding hydrogens is 429 g/mol. The molecule has 1 aliphatic heterocycles. The van der Waals surface area contributed by atoms with E-state index in [0.29, 0.717) is 6.41 Å². The molecular formula is C21H19F3N4O4. The van der Waals surface area contributed by atoms with Gasteiger partial charge in [0.05, 0.1) is 11.3 Å². The van der Waals surface area contributed by atoms with Crippen molar-refractivity contribution >= 4 is 29.7 Å². The Labute approximate surface area is 181 Å². The minimum Gasteiger partial charge on any atom is -0.335 e. The number of carbonyl (C=O) groups is 4. The van der Waals surface area contributed by atoms with Crippen molar-refractivity contribution in [3.8, 4) is 0 Å². The molecule has 1 saturated heterocycles. The van der Waals surface area contributed by atoms with Crippen molar-refractivity contribution in [2.24, 2.45) is 0 Å². The molecule has 0 atom stereocenters. The maximum atomic E-state index is 13.2. The molecule has 1 N–H and O–H groups in total. The first-order chi connectivity index (χ1) is 15.1. The van der Waals surface area contributed by atoms with E-state index in [1.807, 2.05) is 0 Å². The first-order valence-corrected chi connectivity index (χ1v) is 9.59. The van der Waals surface area contributed by atoms with E-state index >= 15 is 0 Å². The van der Waals surface area contributed by atoms with Crippen molar-refractivity contribution in [1.82, 2.24) is 14.8 Å². The molecule has 168 valence electrons. The number of amides is 3. The van der Waals surface area contributed by atoms with Gasteiger partial charge in [0.1, 0.15) is 0 Å². The largest absolute Gasteiger partial charge is 0.434 e. The molecule has 1 fully saturated rings. The number of carbonyl (C=O) groups excluding carboxylic acids is 4. The molecule has 3 rings (SSSR count). The number of aromatic nitrogens is 1. The number of anilines is 1. The summed E-state index contributed by atoms with van der Waals surface area (Å²) >= 11 is 0. The van der Waals surface area contributed by atoms with Gasteiger partial charge >= 0.3 is 6.18 Å². The highest BCUT2D eigenvalue weighted by Gasteiger charge is 2.38. The lowest BCUT2D eigenvalue weighted by molar-refractivity contribution is -0.141. The summed E-state index contributed by atoms with van der Waals surface area (Å²) in [7, 11) is 0. The van der Waals surface area contributed by atoms with Gasteiger partial charge in [-0.05, 0) is 37.3 Å². The average molecular weight is 448 g/mol. The Kier molecular flexibility index (Phi) is 6.56. The van der Waals surface area contributed by atoms with E-state index in [2.05, 4.69) is 10.3 Å². The van der Waals surface area contributed by atoms with Gasteiger partial charge in [-0.25, -0.2) is 0 Å². The number of alkyl halides is 3. The van der Waals surface area contributed by atoms with E-state index in [1.54, 1.807) is 0 Å². The van der Waals surface area contributed by atoms with Crippen LogP contribution in [0, 0.1) is 0 Å². The maximum Gasteiger partial charge on any atom is 0.434 e. The molecule has 8 nitrogen and oxygen atoms in total. The van der Waals surface area contributed by atoms with E-state index in [0.717, 1.165) is 12.3 Å². The normalized spacial score (nSPS) is 14.1. The quantitative estimate of drug-likeness (QED) is 0.560. The Hall–Kier alpha value is -3.76. The number of hydrogen-bond acceptors (Lipinski definition) is 5. The fourth-order valence-electron chi connectivity index (χ4n) is 3.43. The second-order valence-electron chi connectivity index (χ2n) is 7.06. The Balaban J connectivity index is 1.72. The van der Waals surface area contributed by atoms with Crippen molar-refractivity contribution in [3.05, 3.63) is 58.9 Å². The number of halogens is 3. The molecule has 3 amide bonds. The average Bonchev–Trinajstić information content (AvgIpc) is 2.78. The zero-order valence-corrected chi connectivity index (χ0v) is 17.0. The van der Waals surface area contributed by atoms with Crippen molar-refractivity contribution < 1.29 is 32.3 Å². The number of rotatable bonds is 5. The van der Waals surface area contributed by atoms with Crippen LogP contribution in [0.1, 0.15) is 43.7 Å². The summed E-state index contributed by atoms with van der Waals surface area (Å²) in [6.45, 7) is 1.60. The lowest BCUT2D eigenvalue weighted by atomic mass is 10.0. The van der Waals surface area contributed by atoms with E-state index in [9.17, 15) is 32.3 Å². The number of nitrogens with one attached hydrogen (secondary N) is 1. The van der Waals surface area contributed by atoms with Crippen LogP contribution in [0.3, 0.4) is 0 Å². The number of ketones is 1. The van der Waals surface area contributed by atoms with Gasteiger partial charge in [0, 0.05) is 43.5 Å². The molecule has 11 heteroatoms. The number of Topliss-reactive ketones (excluding diaryl/α,β-unsaturated/α-hetero) is 1. The van der Waals surface area contributed by atoms with Crippen LogP contribution in [0.5, 0.6) is 0 Å². The maximum absolute atomic E-state index is 13.2. The van der Waals surface area contributed by atoms with Gasteiger partial charge in [-0.15, -0.1) is 0 Å². The predicted octanol–water partition coefficient (Wildman–Crippen LogP) is 2.47. The summed E-state index contributed by atoms with van der Waals surface area (Å²) in [5, 5.41) is 2.40. The van der Waals surface area contributed by atoms with Crippen molar-refractivity contribution in [3.63, 3.8) is 0 Å². The van der Waals surface area contributed by atoms with Gasteiger partial charge in [0.15, 0.2) is 11.5 Å². The summed E-state index contributed by atoms with van der Waals surface area (Å²) in [6.07, 6.45) is -3.36. The number of piperazine rings is 1. The smallest absolute Gasteiger partial charge is 0.335 e. The molecule has 0 aliphatic carbocycles. The molecule has 32 heavy (non-hydrogen) atoms. The molecule has 0 spiro atoms. The number of benzene rings is 1. The minimum atomic E-state index is -4.76. The minimum absolute atomic E-state index is 0.0428. The Morgan fingerprint density at radius 1 is 1.00 bits per heavy atom.